The Balaban J connectivity index is 2.07. The number of nitrogens with zero attached hydrogens (tertiary/aromatic N) is 4. The first-order valence-electron chi connectivity index (χ1n) is 4.61. The second-order valence-electron chi connectivity index (χ2n) is 3.61. The maximum atomic E-state index is 5.47. The first kappa shape index (κ1) is 9.14. The van der Waals surface area contributed by atoms with E-state index in [1.54, 1.807) is 0 Å². The number of hydrogen-bond acceptors (Lipinski definition) is 6. The van der Waals surface area contributed by atoms with Crippen LogP contribution in [0.25, 0.3) is 0 Å². The average Bonchev–Trinajstić information content (AvgIpc) is 2.82. The van der Waals surface area contributed by atoms with Crippen LogP contribution in [0.5, 0.6) is 0 Å². The van der Waals surface area contributed by atoms with Crippen LogP contribution in [0.3, 0.4) is 0 Å². The summed E-state index contributed by atoms with van der Waals surface area (Å²) in [4.78, 5) is 14.0. The minimum absolute atomic E-state index is 0.191. The van der Waals surface area contributed by atoms with Crippen molar-refractivity contribution in [2.24, 2.45) is 0 Å². The van der Waals surface area contributed by atoms with E-state index in [9.17, 15) is 0 Å². The molecular formula is C8H14N6. The highest BCUT2D eigenvalue weighted by Gasteiger charge is 2.26. The standard InChI is InChI=1S/C8H14N6/c1-14(5-2-3-5)4-6-11-7(9)13-8(10)12-6/h5H,2-4H2,1H3,(H4,9,10,11,12,13). The number of anilines is 2. The lowest BCUT2D eigenvalue weighted by Crippen LogP contribution is -2.22. The quantitative estimate of drug-likeness (QED) is 0.681. The fourth-order valence-electron chi connectivity index (χ4n) is 1.40. The smallest absolute Gasteiger partial charge is 0.225 e. The number of hydrogen-bond donors (Lipinski definition) is 2. The normalized spacial score (nSPS) is 16.1. The summed E-state index contributed by atoms with van der Waals surface area (Å²) in [5, 5.41) is 0. The maximum absolute atomic E-state index is 5.47. The van der Waals surface area contributed by atoms with E-state index in [1.165, 1.54) is 12.8 Å². The zero-order valence-corrected chi connectivity index (χ0v) is 8.14. The van der Waals surface area contributed by atoms with Gasteiger partial charge in [-0.2, -0.15) is 15.0 Å². The molecule has 76 valence electrons. The fraction of sp³-hybridized carbons (Fsp3) is 0.625. The van der Waals surface area contributed by atoms with Gasteiger partial charge in [0.25, 0.3) is 0 Å². The summed E-state index contributed by atoms with van der Waals surface area (Å²) < 4.78 is 0. The van der Waals surface area contributed by atoms with Gasteiger partial charge in [-0.05, 0) is 19.9 Å². The Labute approximate surface area is 82.3 Å². The monoisotopic (exact) mass is 194 g/mol. The van der Waals surface area contributed by atoms with Gasteiger partial charge in [-0.3, -0.25) is 4.90 Å². The van der Waals surface area contributed by atoms with E-state index in [4.69, 9.17) is 11.5 Å². The van der Waals surface area contributed by atoms with Gasteiger partial charge in [-0.25, -0.2) is 0 Å². The van der Waals surface area contributed by atoms with Crippen molar-refractivity contribution in [1.29, 1.82) is 0 Å². The average molecular weight is 194 g/mol. The van der Waals surface area contributed by atoms with Crippen molar-refractivity contribution in [3.05, 3.63) is 5.82 Å². The molecule has 0 bridgehead atoms. The summed E-state index contributed by atoms with van der Waals surface area (Å²) in [6, 6.07) is 0.675. The van der Waals surface area contributed by atoms with Crippen molar-refractivity contribution in [3.63, 3.8) is 0 Å². The Hall–Kier alpha value is -1.43. The third kappa shape index (κ3) is 2.08. The SMILES string of the molecule is CN(Cc1nc(N)nc(N)n1)C1CC1. The first-order valence-corrected chi connectivity index (χ1v) is 4.61. The van der Waals surface area contributed by atoms with Gasteiger partial charge < -0.3 is 11.5 Å². The van der Waals surface area contributed by atoms with Gasteiger partial charge >= 0.3 is 0 Å². The van der Waals surface area contributed by atoms with Gasteiger partial charge in [-0.1, -0.05) is 0 Å². The molecule has 1 aliphatic rings. The van der Waals surface area contributed by atoms with E-state index < -0.39 is 0 Å². The lowest BCUT2D eigenvalue weighted by molar-refractivity contribution is 0.308. The van der Waals surface area contributed by atoms with Crippen LogP contribution in [0.4, 0.5) is 11.9 Å². The number of nitrogen functional groups attached to an aromatic ring is 2. The molecule has 0 radical (unpaired) electrons. The lowest BCUT2D eigenvalue weighted by Gasteiger charge is -2.14. The summed E-state index contributed by atoms with van der Waals surface area (Å²) in [5.74, 6) is 1.03. The topological polar surface area (TPSA) is 94.0 Å². The third-order valence-corrected chi connectivity index (χ3v) is 2.28. The van der Waals surface area contributed by atoms with Crippen molar-refractivity contribution in [3.8, 4) is 0 Å². The molecule has 6 nitrogen and oxygen atoms in total. The van der Waals surface area contributed by atoms with Crippen molar-refractivity contribution in [2.45, 2.75) is 25.4 Å². The van der Waals surface area contributed by atoms with Crippen molar-refractivity contribution in [2.75, 3.05) is 18.5 Å². The molecule has 1 aromatic heterocycles. The molecular weight excluding hydrogens is 180 g/mol. The molecule has 1 fully saturated rings. The maximum Gasteiger partial charge on any atom is 0.225 e. The van der Waals surface area contributed by atoms with Crippen LogP contribution in [0.15, 0.2) is 0 Å². The Morgan fingerprint density at radius 3 is 2.29 bits per heavy atom. The summed E-state index contributed by atoms with van der Waals surface area (Å²) in [6.07, 6.45) is 2.51. The van der Waals surface area contributed by atoms with Crippen molar-refractivity contribution >= 4 is 11.9 Å². The van der Waals surface area contributed by atoms with Crippen LogP contribution >= 0.6 is 0 Å². The van der Waals surface area contributed by atoms with Crippen molar-refractivity contribution < 1.29 is 0 Å². The van der Waals surface area contributed by atoms with E-state index in [2.05, 4.69) is 19.9 Å². The van der Waals surface area contributed by atoms with Crippen molar-refractivity contribution in [1.82, 2.24) is 19.9 Å². The highest BCUT2D eigenvalue weighted by molar-refractivity contribution is 5.25. The van der Waals surface area contributed by atoms with Crippen LogP contribution in [0, 0.1) is 0 Å². The molecule has 0 amide bonds. The van der Waals surface area contributed by atoms with E-state index in [-0.39, 0.29) is 11.9 Å². The lowest BCUT2D eigenvalue weighted by atomic mass is 10.5. The van der Waals surface area contributed by atoms with Crippen LogP contribution in [-0.4, -0.2) is 32.9 Å². The van der Waals surface area contributed by atoms with Gasteiger partial charge in [-0.15, -0.1) is 0 Å². The third-order valence-electron chi connectivity index (χ3n) is 2.28. The highest BCUT2D eigenvalue weighted by atomic mass is 15.2. The molecule has 1 saturated carbocycles. The van der Waals surface area contributed by atoms with Gasteiger partial charge in [0, 0.05) is 6.04 Å². The number of rotatable bonds is 3. The minimum Gasteiger partial charge on any atom is -0.368 e. The van der Waals surface area contributed by atoms with E-state index in [0.29, 0.717) is 18.4 Å². The Bertz CT molecular complexity index is 314. The summed E-state index contributed by atoms with van der Waals surface area (Å²) in [7, 11) is 2.05. The molecule has 0 saturated heterocycles. The van der Waals surface area contributed by atoms with Gasteiger partial charge in [0.05, 0.1) is 6.54 Å². The molecule has 14 heavy (non-hydrogen) atoms. The van der Waals surface area contributed by atoms with Gasteiger partial charge in [0.15, 0.2) is 0 Å². The zero-order chi connectivity index (χ0) is 10.1. The molecule has 0 spiro atoms. The molecule has 0 atom stereocenters. The van der Waals surface area contributed by atoms with E-state index >= 15 is 0 Å². The largest absolute Gasteiger partial charge is 0.368 e. The second kappa shape index (κ2) is 3.38. The summed E-state index contributed by atoms with van der Waals surface area (Å²) >= 11 is 0. The molecule has 0 aliphatic heterocycles. The number of nitrogens with two attached hydrogens (primary N) is 2. The number of aromatic nitrogens is 3. The van der Waals surface area contributed by atoms with Crippen LogP contribution in [0.2, 0.25) is 0 Å². The van der Waals surface area contributed by atoms with E-state index in [0.717, 1.165) is 0 Å². The first-order chi connectivity index (χ1) is 6.65. The molecule has 1 aromatic rings. The molecule has 1 aliphatic carbocycles. The Kier molecular flexibility index (Phi) is 2.20. The summed E-state index contributed by atoms with van der Waals surface area (Å²) in [5.41, 5.74) is 10.9. The molecule has 2 rings (SSSR count). The fourth-order valence-corrected chi connectivity index (χ4v) is 1.40. The van der Waals surface area contributed by atoms with E-state index in [1.807, 2.05) is 7.05 Å². The Morgan fingerprint density at radius 1 is 1.21 bits per heavy atom. The summed E-state index contributed by atoms with van der Waals surface area (Å²) in [6.45, 7) is 0.682. The molecule has 4 N–H and O–H groups in total. The van der Waals surface area contributed by atoms with Crippen LogP contribution < -0.4 is 11.5 Å². The predicted molar refractivity (Wildman–Crippen MR) is 53.1 cm³/mol. The van der Waals surface area contributed by atoms with Gasteiger partial charge in [0.1, 0.15) is 5.82 Å². The molecule has 6 heteroatoms. The second-order valence-corrected chi connectivity index (χ2v) is 3.61. The van der Waals surface area contributed by atoms with Gasteiger partial charge in [0.2, 0.25) is 11.9 Å². The van der Waals surface area contributed by atoms with Crippen LogP contribution in [-0.2, 0) is 6.54 Å². The molecule has 0 aromatic carbocycles. The van der Waals surface area contributed by atoms with Crippen LogP contribution in [0.1, 0.15) is 18.7 Å². The minimum atomic E-state index is 0.191. The zero-order valence-electron chi connectivity index (χ0n) is 8.14. The molecule has 0 unspecified atom stereocenters. The Morgan fingerprint density at radius 2 is 1.79 bits per heavy atom. The predicted octanol–water partition coefficient (Wildman–Crippen LogP) is -0.370. The highest BCUT2D eigenvalue weighted by Crippen LogP contribution is 2.26. The molecule has 1 heterocycles.